The van der Waals surface area contributed by atoms with Crippen LogP contribution < -0.4 is 0 Å². The smallest absolute Gasteiger partial charge is 0.0422 e. The zero-order chi connectivity index (χ0) is 10.2. The molecule has 0 saturated heterocycles. The molecule has 1 atom stereocenters. The number of hydrogen-bond acceptors (Lipinski definition) is 1. The molecule has 0 heterocycles. The molecule has 1 nitrogen and oxygen atoms in total. The first-order chi connectivity index (χ1) is 6.84. The predicted molar refractivity (Wildman–Crippen MR) is 60.2 cm³/mol. The second-order valence-corrected chi connectivity index (χ2v) is 4.34. The number of hydrogen-bond donors (Lipinski definition) is 0. The minimum absolute atomic E-state index is 0. The number of benzene rings is 1. The zero-order valence-corrected chi connectivity index (χ0v) is 12.2. The van der Waals surface area contributed by atoms with E-state index in [-0.39, 0.29) is 26.2 Å². The molecule has 1 aromatic carbocycles. The Morgan fingerprint density at radius 3 is 2.60 bits per heavy atom. The SMILES string of the molecule is CCCC[C-]=CS(=O)c1ccccc1.[Zr]. The Morgan fingerprint density at radius 2 is 2.00 bits per heavy atom. The standard InChI is InChI=1S/C12H15OS.Zr/c1-2-3-4-8-11-14(13)12-9-6-5-7-10-12;/h5-7,9-11H,2-4H2,1H3;/q-1;. The average molecular weight is 299 g/mol. The van der Waals surface area contributed by atoms with E-state index in [2.05, 4.69) is 13.0 Å². The molecule has 0 saturated carbocycles. The molecular formula is C12H15OSZr-. The van der Waals surface area contributed by atoms with E-state index in [1.54, 1.807) is 5.41 Å². The third kappa shape index (κ3) is 6.22. The summed E-state index contributed by atoms with van der Waals surface area (Å²) in [5.74, 6) is 0. The second kappa shape index (κ2) is 9.24. The van der Waals surface area contributed by atoms with Gasteiger partial charge < -0.3 is 6.08 Å². The van der Waals surface area contributed by atoms with E-state index in [1.807, 2.05) is 30.3 Å². The van der Waals surface area contributed by atoms with Crippen LogP contribution in [0.15, 0.2) is 40.6 Å². The minimum Gasteiger partial charge on any atom is -0.487 e. The van der Waals surface area contributed by atoms with E-state index >= 15 is 0 Å². The molecule has 0 aliphatic carbocycles. The van der Waals surface area contributed by atoms with Gasteiger partial charge in [0.25, 0.3) is 0 Å². The Kier molecular flexibility index (Phi) is 9.23. The summed E-state index contributed by atoms with van der Waals surface area (Å²) in [5.41, 5.74) is 0. The maximum absolute atomic E-state index is 11.6. The van der Waals surface area contributed by atoms with Gasteiger partial charge >= 0.3 is 0 Å². The number of allylic oxidation sites excluding steroid dienone is 1. The van der Waals surface area contributed by atoms with Gasteiger partial charge in [-0.3, -0.25) is 4.21 Å². The monoisotopic (exact) mass is 297 g/mol. The van der Waals surface area contributed by atoms with Crippen molar-refractivity contribution in [2.24, 2.45) is 0 Å². The second-order valence-electron chi connectivity index (χ2n) is 3.04. The van der Waals surface area contributed by atoms with Gasteiger partial charge in [-0.1, -0.05) is 38.0 Å². The summed E-state index contributed by atoms with van der Waals surface area (Å²) in [6.07, 6.45) is 6.22. The van der Waals surface area contributed by atoms with Crippen LogP contribution in [0.1, 0.15) is 26.2 Å². The Bertz CT molecular complexity index is 309. The van der Waals surface area contributed by atoms with Crippen molar-refractivity contribution in [1.82, 2.24) is 0 Å². The fourth-order valence-corrected chi connectivity index (χ4v) is 1.87. The normalized spacial score (nSPS) is 12.3. The maximum atomic E-state index is 11.6. The molecule has 0 aromatic heterocycles. The Morgan fingerprint density at radius 1 is 1.33 bits per heavy atom. The van der Waals surface area contributed by atoms with Crippen molar-refractivity contribution in [1.29, 1.82) is 0 Å². The first-order valence-corrected chi connectivity index (χ1v) is 6.08. The Labute approximate surface area is 114 Å². The Balaban J connectivity index is 0.00000196. The summed E-state index contributed by atoms with van der Waals surface area (Å²) in [6.45, 7) is 2.13. The van der Waals surface area contributed by atoms with Crippen molar-refractivity contribution in [2.75, 3.05) is 0 Å². The van der Waals surface area contributed by atoms with Crippen LogP contribution >= 0.6 is 0 Å². The van der Waals surface area contributed by atoms with Crippen LogP contribution in [0, 0.1) is 6.08 Å². The summed E-state index contributed by atoms with van der Waals surface area (Å²) in [5, 5.41) is 1.66. The van der Waals surface area contributed by atoms with Crippen molar-refractivity contribution in [3.05, 3.63) is 41.8 Å². The molecule has 80 valence electrons. The molecule has 0 amide bonds. The van der Waals surface area contributed by atoms with Crippen LogP contribution in [0.4, 0.5) is 0 Å². The molecular weight excluding hydrogens is 283 g/mol. The van der Waals surface area contributed by atoms with Crippen molar-refractivity contribution in [3.63, 3.8) is 0 Å². The van der Waals surface area contributed by atoms with E-state index in [9.17, 15) is 4.21 Å². The third-order valence-corrected chi connectivity index (χ3v) is 2.96. The molecule has 1 rings (SSSR count). The Hall–Kier alpha value is -0.00688. The van der Waals surface area contributed by atoms with Crippen molar-refractivity contribution < 1.29 is 30.4 Å². The van der Waals surface area contributed by atoms with Gasteiger partial charge in [-0.15, -0.1) is 0 Å². The van der Waals surface area contributed by atoms with E-state index in [0.717, 1.165) is 24.2 Å². The molecule has 0 radical (unpaired) electrons. The molecule has 15 heavy (non-hydrogen) atoms. The summed E-state index contributed by atoms with van der Waals surface area (Å²) in [6, 6.07) is 9.45. The van der Waals surface area contributed by atoms with Crippen LogP contribution in [-0.2, 0) is 37.0 Å². The fourth-order valence-electron chi connectivity index (χ4n) is 1.04. The summed E-state index contributed by atoms with van der Waals surface area (Å²) in [4.78, 5) is 0.844. The predicted octanol–water partition coefficient (Wildman–Crippen LogP) is 3.30. The van der Waals surface area contributed by atoms with Crippen LogP contribution in [0.2, 0.25) is 0 Å². The van der Waals surface area contributed by atoms with Gasteiger partial charge in [0.1, 0.15) is 0 Å². The van der Waals surface area contributed by atoms with Crippen LogP contribution in [0.5, 0.6) is 0 Å². The van der Waals surface area contributed by atoms with Crippen molar-refractivity contribution in [2.45, 2.75) is 31.1 Å². The van der Waals surface area contributed by atoms with Crippen LogP contribution in [0.3, 0.4) is 0 Å². The summed E-state index contributed by atoms with van der Waals surface area (Å²) in [7, 11) is -1.02. The molecule has 0 N–H and O–H groups in total. The van der Waals surface area contributed by atoms with Gasteiger partial charge in [0.05, 0.1) is 0 Å². The quantitative estimate of drug-likeness (QED) is 0.602. The van der Waals surface area contributed by atoms with Gasteiger partial charge in [-0.25, -0.2) is 0 Å². The number of unbranched alkanes of at least 4 members (excludes halogenated alkanes) is 2. The summed E-state index contributed by atoms with van der Waals surface area (Å²) >= 11 is 0. The van der Waals surface area contributed by atoms with Crippen molar-refractivity contribution in [3.8, 4) is 0 Å². The van der Waals surface area contributed by atoms with Gasteiger partial charge in [-0.2, -0.15) is 11.8 Å². The molecule has 0 aliphatic rings. The fraction of sp³-hybridized carbons (Fsp3) is 0.333. The molecule has 0 spiro atoms. The summed E-state index contributed by atoms with van der Waals surface area (Å²) < 4.78 is 11.6. The van der Waals surface area contributed by atoms with Crippen LogP contribution in [0.25, 0.3) is 0 Å². The van der Waals surface area contributed by atoms with Gasteiger partial charge in [-0.05, 0) is 12.1 Å². The van der Waals surface area contributed by atoms with E-state index < -0.39 is 10.8 Å². The largest absolute Gasteiger partial charge is 0.487 e. The number of rotatable bonds is 5. The minimum atomic E-state index is -1.02. The van der Waals surface area contributed by atoms with Crippen molar-refractivity contribution >= 4 is 10.8 Å². The molecule has 1 aromatic rings. The first-order valence-electron chi connectivity index (χ1n) is 4.87. The first kappa shape index (κ1) is 15.0. The van der Waals surface area contributed by atoms with Gasteiger partial charge in [0.15, 0.2) is 0 Å². The molecule has 3 heteroatoms. The third-order valence-electron chi connectivity index (χ3n) is 1.84. The molecule has 0 aliphatic heterocycles. The van der Waals surface area contributed by atoms with Gasteiger partial charge in [0.2, 0.25) is 0 Å². The molecule has 1 unspecified atom stereocenters. The molecule has 0 bridgehead atoms. The van der Waals surface area contributed by atoms with E-state index in [0.29, 0.717) is 0 Å². The zero-order valence-electron chi connectivity index (χ0n) is 8.90. The average Bonchev–Trinajstić information content (AvgIpc) is 2.25. The molecule has 0 fully saturated rings. The van der Waals surface area contributed by atoms with E-state index in [4.69, 9.17) is 0 Å². The maximum Gasteiger partial charge on any atom is 0.0422 e. The topological polar surface area (TPSA) is 17.1 Å². The van der Waals surface area contributed by atoms with Gasteiger partial charge in [0, 0.05) is 41.9 Å². The van der Waals surface area contributed by atoms with E-state index in [1.165, 1.54) is 0 Å². The van der Waals surface area contributed by atoms with Crippen LogP contribution in [-0.4, -0.2) is 4.21 Å².